The van der Waals surface area contributed by atoms with Crippen LogP contribution in [-0.2, 0) is 26.1 Å². The van der Waals surface area contributed by atoms with Crippen LogP contribution in [0.2, 0.25) is 0 Å². The number of methoxy groups -OCH3 is 1. The highest BCUT2D eigenvalue weighted by atomic mass is 32.2. The third kappa shape index (κ3) is 3.90. The predicted octanol–water partition coefficient (Wildman–Crippen LogP) is 3.22. The summed E-state index contributed by atoms with van der Waals surface area (Å²) in [5, 5.41) is 0.530. The molecule has 0 bridgehead atoms. The van der Waals surface area contributed by atoms with Crippen molar-refractivity contribution in [1.82, 2.24) is 9.29 Å². The molecule has 0 radical (unpaired) electrons. The normalized spacial score (nSPS) is 11.7. The van der Waals surface area contributed by atoms with E-state index in [1.807, 2.05) is 38.1 Å². The zero-order chi connectivity index (χ0) is 20.3. The molecule has 0 atom stereocenters. The summed E-state index contributed by atoms with van der Waals surface area (Å²) in [4.78, 5) is 16.4. The first-order valence-electron chi connectivity index (χ1n) is 8.80. The Balaban J connectivity index is 2.12. The highest BCUT2D eigenvalue weighted by molar-refractivity contribution is 7.89. The Morgan fingerprint density at radius 2 is 1.79 bits per heavy atom. The van der Waals surface area contributed by atoms with Gasteiger partial charge in [0.1, 0.15) is 6.54 Å². The van der Waals surface area contributed by atoms with Gasteiger partial charge in [-0.1, -0.05) is 30.3 Å². The Labute approximate surface area is 164 Å². The molecular formula is C21H22N2O4S. The lowest BCUT2D eigenvalue weighted by atomic mass is 10.1. The fourth-order valence-corrected chi connectivity index (χ4v) is 4.61. The van der Waals surface area contributed by atoms with E-state index in [2.05, 4.69) is 4.98 Å². The molecule has 6 nitrogen and oxygen atoms in total. The van der Waals surface area contributed by atoms with Crippen LogP contribution in [0.4, 0.5) is 0 Å². The standard InChI is InChI=1S/C21H22N2O4S/c1-15-7-4-5-8-17(15)13-23(14-20(24)27-3)28(25,26)19-11-10-16(2)21-18(19)9-6-12-22-21/h4-12H,13-14H2,1-3H3. The molecule has 0 saturated carbocycles. The van der Waals surface area contributed by atoms with Crippen LogP contribution in [0.1, 0.15) is 16.7 Å². The average Bonchev–Trinajstić information content (AvgIpc) is 2.69. The van der Waals surface area contributed by atoms with Crippen molar-refractivity contribution < 1.29 is 17.9 Å². The van der Waals surface area contributed by atoms with E-state index < -0.39 is 16.0 Å². The van der Waals surface area contributed by atoms with Crippen molar-refractivity contribution in [2.75, 3.05) is 13.7 Å². The summed E-state index contributed by atoms with van der Waals surface area (Å²) in [7, 11) is -2.73. The molecule has 0 spiro atoms. The zero-order valence-corrected chi connectivity index (χ0v) is 16.9. The van der Waals surface area contributed by atoms with Gasteiger partial charge in [0.15, 0.2) is 0 Å². The van der Waals surface area contributed by atoms with E-state index in [9.17, 15) is 13.2 Å². The minimum Gasteiger partial charge on any atom is -0.468 e. The SMILES string of the molecule is COC(=O)CN(Cc1ccccc1C)S(=O)(=O)c1ccc(C)c2ncccc12. The number of nitrogens with zero attached hydrogens (tertiary/aromatic N) is 2. The molecule has 0 aliphatic rings. The van der Waals surface area contributed by atoms with Crippen LogP contribution in [0.15, 0.2) is 59.6 Å². The molecule has 3 aromatic rings. The van der Waals surface area contributed by atoms with Gasteiger partial charge in [0.25, 0.3) is 0 Å². The Bertz CT molecular complexity index is 1130. The van der Waals surface area contributed by atoms with Crippen molar-refractivity contribution in [2.24, 2.45) is 0 Å². The highest BCUT2D eigenvalue weighted by Crippen LogP contribution is 2.28. The first-order chi connectivity index (χ1) is 13.3. The van der Waals surface area contributed by atoms with Crippen LogP contribution < -0.4 is 0 Å². The van der Waals surface area contributed by atoms with E-state index in [0.29, 0.717) is 10.9 Å². The number of ether oxygens (including phenoxy) is 1. The maximum absolute atomic E-state index is 13.5. The fraction of sp³-hybridized carbons (Fsp3) is 0.238. The molecule has 0 fully saturated rings. The second-order valence-electron chi connectivity index (χ2n) is 6.56. The van der Waals surface area contributed by atoms with Crippen LogP contribution in [0.25, 0.3) is 10.9 Å². The van der Waals surface area contributed by atoms with E-state index in [-0.39, 0.29) is 18.0 Å². The molecule has 0 aliphatic heterocycles. The smallest absolute Gasteiger partial charge is 0.321 e. The van der Waals surface area contributed by atoms with E-state index in [0.717, 1.165) is 21.0 Å². The molecule has 0 saturated heterocycles. The van der Waals surface area contributed by atoms with Crippen LogP contribution in [-0.4, -0.2) is 37.3 Å². The van der Waals surface area contributed by atoms with E-state index in [1.165, 1.54) is 7.11 Å². The number of sulfonamides is 1. The summed E-state index contributed by atoms with van der Waals surface area (Å²) in [6, 6.07) is 14.2. The van der Waals surface area contributed by atoms with Gasteiger partial charge in [0.2, 0.25) is 10.0 Å². The lowest BCUT2D eigenvalue weighted by Crippen LogP contribution is -2.36. The Hall–Kier alpha value is -2.77. The number of carbonyl (C=O) groups is 1. The first kappa shape index (κ1) is 20.0. The van der Waals surface area contributed by atoms with Gasteiger partial charge in [-0.3, -0.25) is 9.78 Å². The summed E-state index contributed by atoms with van der Waals surface area (Å²) < 4.78 is 32.9. The number of fused-ring (bicyclic) bond motifs is 1. The third-order valence-electron chi connectivity index (χ3n) is 4.69. The minimum atomic E-state index is -3.97. The van der Waals surface area contributed by atoms with Crippen molar-refractivity contribution in [1.29, 1.82) is 0 Å². The maximum Gasteiger partial charge on any atom is 0.321 e. The molecule has 146 valence electrons. The highest BCUT2D eigenvalue weighted by Gasteiger charge is 2.29. The number of aryl methyl sites for hydroxylation is 2. The van der Waals surface area contributed by atoms with Gasteiger partial charge < -0.3 is 4.74 Å². The van der Waals surface area contributed by atoms with E-state index in [1.54, 1.807) is 30.5 Å². The van der Waals surface area contributed by atoms with Gasteiger partial charge in [-0.15, -0.1) is 0 Å². The van der Waals surface area contributed by atoms with Crippen molar-refractivity contribution in [3.63, 3.8) is 0 Å². The van der Waals surface area contributed by atoms with Crippen molar-refractivity contribution >= 4 is 26.9 Å². The van der Waals surface area contributed by atoms with Gasteiger partial charge >= 0.3 is 5.97 Å². The summed E-state index contributed by atoms with van der Waals surface area (Å²) >= 11 is 0. The number of hydrogen-bond acceptors (Lipinski definition) is 5. The molecule has 28 heavy (non-hydrogen) atoms. The minimum absolute atomic E-state index is 0.0692. The number of hydrogen-bond donors (Lipinski definition) is 0. The first-order valence-corrected chi connectivity index (χ1v) is 10.2. The summed E-state index contributed by atoms with van der Waals surface area (Å²) in [6.45, 7) is 3.48. The molecule has 7 heteroatoms. The quantitative estimate of drug-likeness (QED) is 0.596. The maximum atomic E-state index is 13.5. The second-order valence-corrected chi connectivity index (χ2v) is 8.46. The van der Waals surface area contributed by atoms with Crippen LogP contribution in [0.5, 0.6) is 0 Å². The van der Waals surface area contributed by atoms with Gasteiger partial charge in [-0.05, 0) is 48.7 Å². The molecular weight excluding hydrogens is 376 g/mol. The topological polar surface area (TPSA) is 76.6 Å². The van der Waals surface area contributed by atoms with Crippen LogP contribution >= 0.6 is 0 Å². The van der Waals surface area contributed by atoms with E-state index in [4.69, 9.17) is 4.74 Å². The number of esters is 1. The summed E-state index contributed by atoms with van der Waals surface area (Å²) in [6.07, 6.45) is 1.63. The zero-order valence-electron chi connectivity index (χ0n) is 16.0. The number of aromatic nitrogens is 1. The molecule has 0 N–H and O–H groups in total. The van der Waals surface area contributed by atoms with Crippen molar-refractivity contribution in [2.45, 2.75) is 25.3 Å². The molecule has 0 aliphatic carbocycles. The molecule has 2 aromatic carbocycles. The summed E-state index contributed by atoms with van der Waals surface area (Å²) in [5.41, 5.74) is 3.28. The number of pyridine rings is 1. The van der Waals surface area contributed by atoms with Gasteiger partial charge in [0, 0.05) is 18.1 Å². The largest absolute Gasteiger partial charge is 0.468 e. The van der Waals surface area contributed by atoms with Crippen molar-refractivity contribution in [3.8, 4) is 0 Å². The van der Waals surface area contributed by atoms with Gasteiger partial charge in [-0.25, -0.2) is 8.42 Å². The number of carbonyl (C=O) groups excluding carboxylic acids is 1. The Kier molecular flexibility index (Phi) is 5.76. The van der Waals surface area contributed by atoms with Crippen LogP contribution in [0.3, 0.4) is 0 Å². The summed E-state index contributed by atoms with van der Waals surface area (Å²) in [5.74, 6) is -0.619. The number of benzene rings is 2. The van der Waals surface area contributed by atoms with Gasteiger partial charge in [0.05, 0.1) is 17.5 Å². The lowest BCUT2D eigenvalue weighted by molar-refractivity contribution is -0.140. The molecule has 1 aromatic heterocycles. The van der Waals surface area contributed by atoms with Crippen LogP contribution in [0, 0.1) is 13.8 Å². The molecule has 1 heterocycles. The Morgan fingerprint density at radius 1 is 1.04 bits per heavy atom. The molecule has 0 amide bonds. The number of rotatable bonds is 6. The Morgan fingerprint density at radius 3 is 2.50 bits per heavy atom. The molecule has 0 unspecified atom stereocenters. The molecule has 3 rings (SSSR count). The average molecular weight is 398 g/mol. The van der Waals surface area contributed by atoms with E-state index >= 15 is 0 Å². The fourth-order valence-electron chi connectivity index (χ4n) is 3.06. The van der Waals surface area contributed by atoms with Gasteiger partial charge in [-0.2, -0.15) is 4.31 Å². The predicted molar refractivity (Wildman–Crippen MR) is 107 cm³/mol. The monoisotopic (exact) mass is 398 g/mol. The third-order valence-corrected chi connectivity index (χ3v) is 6.54. The lowest BCUT2D eigenvalue weighted by Gasteiger charge is -2.23. The second kappa shape index (κ2) is 8.08. The van der Waals surface area contributed by atoms with Crippen molar-refractivity contribution in [3.05, 3.63) is 71.4 Å².